The highest BCUT2D eigenvalue weighted by atomic mass is 35.5. The number of amides is 1. The number of nitrogens with zero attached hydrogens (tertiary/aromatic N) is 2. The van der Waals surface area contributed by atoms with Gasteiger partial charge in [-0.2, -0.15) is 5.10 Å². The van der Waals surface area contributed by atoms with Gasteiger partial charge in [0.1, 0.15) is 11.5 Å². The molecular weight excluding hydrogens is 347 g/mol. The van der Waals surface area contributed by atoms with Crippen LogP contribution in [-0.2, 0) is 0 Å². The summed E-state index contributed by atoms with van der Waals surface area (Å²) >= 11 is 0. The van der Waals surface area contributed by atoms with E-state index in [0.717, 1.165) is 13.0 Å². The van der Waals surface area contributed by atoms with Gasteiger partial charge < -0.3 is 10.6 Å². The zero-order chi connectivity index (χ0) is 17.5. The molecule has 136 valence electrons. The molecule has 0 aliphatic carbocycles. The van der Waals surface area contributed by atoms with Crippen LogP contribution < -0.4 is 16.1 Å². The third-order valence-corrected chi connectivity index (χ3v) is 3.42. The highest BCUT2D eigenvalue weighted by Gasteiger charge is 2.16. The molecule has 6 nitrogen and oxygen atoms in total. The van der Waals surface area contributed by atoms with E-state index in [2.05, 4.69) is 15.7 Å². The fourth-order valence-corrected chi connectivity index (χ4v) is 2.22. The molecule has 1 heterocycles. The second-order valence-corrected chi connectivity index (χ2v) is 5.37. The molecule has 0 saturated carbocycles. The summed E-state index contributed by atoms with van der Waals surface area (Å²) in [4.78, 5) is 24.2. The van der Waals surface area contributed by atoms with Gasteiger partial charge in [0.25, 0.3) is 5.91 Å². The maximum atomic E-state index is 14.0. The third-order valence-electron chi connectivity index (χ3n) is 3.42. The number of carbonyl (C=O) groups is 1. The molecule has 2 N–H and O–H groups in total. The maximum Gasteiger partial charge on any atom is 0.275 e. The Morgan fingerprint density at radius 2 is 1.96 bits per heavy atom. The van der Waals surface area contributed by atoms with Crippen LogP contribution in [0.1, 0.15) is 29.5 Å². The third kappa shape index (κ3) is 5.37. The van der Waals surface area contributed by atoms with Crippen molar-refractivity contribution in [3.05, 3.63) is 57.8 Å². The van der Waals surface area contributed by atoms with Crippen molar-refractivity contribution in [3.63, 3.8) is 0 Å². The van der Waals surface area contributed by atoms with Gasteiger partial charge in [0.2, 0.25) is 5.43 Å². The van der Waals surface area contributed by atoms with Gasteiger partial charge in [-0.25, -0.2) is 9.07 Å². The van der Waals surface area contributed by atoms with Gasteiger partial charge in [0.15, 0.2) is 5.69 Å². The summed E-state index contributed by atoms with van der Waals surface area (Å²) in [6.07, 6.45) is 1.00. The van der Waals surface area contributed by atoms with E-state index in [1.165, 1.54) is 22.9 Å². The Morgan fingerprint density at radius 1 is 1.24 bits per heavy atom. The molecule has 8 heteroatoms. The molecule has 0 fully saturated rings. The van der Waals surface area contributed by atoms with Gasteiger partial charge in [-0.1, -0.05) is 19.1 Å². The maximum absolute atomic E-state index is 14.0. The zero-order valence-electron chi connectivity index (χ0n) is 14.2. The first-order chi connectivity index (χ1) is 11.5. The van der Waals surface area contributed by atoms with Crippen molar-refractivity contribution in [2.24, 2.45) is 0 Å². The number of hydrogen-bond acceptors (Lipinski definition) is 4. The Bertz CT molecular complexity index is 779. The van der Waals surface area contributed by atoms with E-state index in [4.69, 9.17) is 0 Å². The van der Waals surface area contributed by atoms with E-state index < -0.39 is 17.2 Å². The average molecular weight is 369 g/mol. The number of carbonyl (C=O) groups excluding carboxylic acids is 1. The molecule has 25 heavy (non-hydrogen) atoms. The molecule has 2 rings (SSSR count). The lowest BCUT2D eigenvalue weighted by molar-refractivity contribution is 0.0946. The number of halogens is 2. The molecule has 0 unspecified atom stereocenters. The summed E-state index contributed by atoms with van der Waals surface area (Å²) < 4.78 is 15.2. The highest BCUT2D eigenvalue weighted by molar-refractivity contribution is 5.92. The number of hydrogen-bond donors (Lipinski definition) is 2. The molecule has 2 aromatic rings. The van der Waals surface area contributed by atoms with E-state index in [0.29, 0.717) is 18.8 Å². The number of nitrogens with one attached hydrogen (secondary N) is 2. The minimum atomic E-state index is -0.566. The predicted octanol–water partition coefficient (Wildman–Crippen LogP) is 1.83. The lowest BCUT2D eigenvalue weighted by Gasteiger charge is -2.12. The lowest BCUT2D eigenvalue weighted by atomic mass is 10.2. The van der Waals surface area contributed by atoms with Crippen molar-refractivity contribution in [2.45, 2.75) is 20.3 Å². The largest absolute Gasteiger partial charge is 0.349 e. The minimum Gasteiger partial charge on any atom is -0.349 e. The first-order valence-corrected chi connectivity index (χ1v) is 7.89. The smallest absolute Gasteiger partial charge is 0.275 e. The molecule has 0 atom stereocenters. The molecule has 0 aliphatic rings. The number of aryl methyl sites for hydroxylation is 1. The van der Waals surface area contributed by atoms with Crippen LogP contribution in [0.2, 0.25) is 0 Å². The molecule has 1 amide bonds. The minimum absolute atomic E-state index is 0. The van der Waals surface area contributed by atoms with Gasteiger partial charge in [-0.05, 0) is 32.0 Å². The lowest BCUT2D eigenvalue weighted by Crippen LogP contribution is -2.36. The normalized spacial score (nSPS) is 10.2. The molecule has 0 spiro atoms. The first-order valence-electron chi connectivity index (χ1n) is 7.89. The molecule has 0 radical (unpaired) electrons. The second kappa shape index (κ2) is 9.90. The Labute approximate surface area is 151 Å². The summed E-state index contributed by atoms with van der Waals surface area (Å²) in [6.45, 7) is 5.53. The van der Waals surface area contributed by atoms with Gasteiger partial charge in [-0.3, -0.25) is 9.59 Å². The van der Waals surface area contributed by atoms with E-state index in [-0.39, 0.29) is 23.8 Å². The van der Waals surface area contributed by atoms with Crippen LogP contribution in [0.4, 0.5) is 4.39 Å². The van der Waals surface area contributed by atoms with Crippen molar-refractivity contribution < 1.29 is 9.18 Å². The van der Waals surface area contributed by atoms with Crippen LogP contribution in [0.5, 0.6) is 0 Å². The van der Waals surface area contributed by atoms with Gasteiger partial charge >= 0.3 is 0 Å². The van der Waals surface area contributed by atoms with E-state index in [1.54, 1.807) is 19.1 Å². The Balaban J connectivity index is 0.00000312. The van der Waals surface area contributed by atoms with Crippen LogP contribution in [-0.4, -0.2) is 35.3 Å². The Kier molecular flexibility index (Phi) is 8.24. The molecule has 1 aromatic heterocycles. The van der Waals surface area contributed by atoms with Gasteiger partial charge in [-0.15, -0.1) is 12.4 Å². The van der Waals surface area contributed by atoms with E-state index in [9.17, 15) is 14.0 Å². The number of para-hydroxylation sites is 1. The topological polar surface area (TPSA) is 76.0 Å². The van der Waals surface area contributed by atoms with E-state index >= 15 is 0 Å². The molecule has 0 saturated heterocycles. The number of rotatable bonds is 7. The molecule has 0 aliphatic heterocycles. The van der Waals surface area contributed by atoms with E-state index in [1.807, 2.05) is 6.92 Å². The summed E-state index contributed by atoms with van der Waals surface area (Å²) in [5.41, 5.74) is -0.0987. The van der Waals surface area contributed by atoms with Crippen molar-refractivity contribution in [1.82, 2.24) is 20.4 Å². The summed E-state index contributed by atoms with van der Waals surface area (Å²) in [7, 11) is 0. The zero-order valence-corrected chi connectivity index (χ0v) is 15.0. The van der Waals surface area contributed by atoms with Crippen LogP contribution in [0.15, 0.2) is 35.1 Å². The van der Waals surface area contributed by atoms with Crippen LogP contribution in [0, 0.1) is 12.7 Å². The van der Waals surface area contributed by atoms with Crippen molar-refractivity contribution in [2.75, 3.05) is 19.6 Å². The van der Waals surface area contributed by atoms with Crippen LogP contribution in [0.25, 0.3) is 5.69 Å². The standard InChI is InChI=1S/C17H21FN4O2.ClH/c1-3-8-19-9-10-20-17(24)16-15(23)11-12(2)22(21-16)14-7-5-4-6-13(14)18;/h4-7,11,19H,3,8-10H2,1-2H3,(H,20,24);1H. The van der Waals surface area contributed by atoms with Crippen molar-refractivity contribution >= 4 is 18.3 Å². The summed E-state index contributed by atoms with van der Waals surface area (Å²) in [5, 5.41) is 9.83. The molecule has 0 bridgehead atoms. The predicted molar refractivity (Wildman–Crippen MR) is 97.3 cm³/mol. The SMILES string of the molecule is CCCNCCNC(=O)c1nn(-c2ccccc2F)c(C)cc1=O.Cl. The van der Waals surface area contributed by atoms with Crippen LogP contribution >= 0.6 is 12.4 Å². The van der Waals surface area contributed by atoms with Crippen molar-refractivity contribution in [3.8, 4) is 5.69 Å². The number of benzene rings is 1. The average Bonchev–Trinajstić information content (AvgIpc) is 2.55. The Morgan fingerprint density at radius 3 is 2.64 bits per heavy atom. The highest BCUT2D eigenvalue weighted by Crippen LogP contribution is 2.12. The second-order valence-electron chi connectivity index (χ2n) is 5.37. The summed E-state index contributed by atoms with van der Waals surface area (Å²) in [5.74, 6) is -1.05. The van der Waals surface area contributed by atoms with Gasteiger partial charge in [0.05, 0.1) is 0 Å². The monoisotopic (exact) mass is 368 g/mol. The first kappa shape index (κ1) is 20.8. The van der Waals surface area contributed by atoms with Crippen LogP contribution in [0.3, 0.4) is 0 Å². The summed E-state index contributed by atoms with van der Waals surface area (Å²) in [6, 6.07) is 7.35. The Hall–Kier alpha value is -2.25. The molecular formula is C17H22ClFN4O2. The quantitative estimate of drug-likeness (QED) is 0.731. The number of aromatic nitrogens is 2. The fraction of sp³-hybridized carbons (Fsp3) is 0.353. The molecule has 1 aromatic carbocycles. The fourth-order valence-electron chi connectivity index (χ4n) is 2.22. The van der Waals surface area contributed by atoms with Gasteiger partial charge in [0, 0.05) is 24.8 Å². The van der Waals surface area contributed by atoms with Crippen molar-refractivity contribution in [1.29, 1.82) is 0 Å².